The Morgan fingerprint density at radius 1 is 1.32 bits per heavy atom. The predicted molar refractivity (Wildman–Crippen MR) is 91.3 cm³/mol. The molecule has 0 bridgehead atoms. The summed E-state index contributed by atoms with van der Waals surface area (Å²) in [5.41, 5.74) is 0.477. The van der Waals surface area contributed by atoms with Crippen molar-refractivity contribution in [3.05, 3.63) is 39.6 Å². The lowest BCUT2D eigenvalue weighted by Crippen LogP contribution is -2.07. The Morgan fingerprint density at radius 2 is 2.05 bits per heavy atom. The van der Waals surface area contributed by atoms with Crippen LogP contribution in [0.15, 0.2) is 23.4 Å². The molecule has 0 fully saturated rings. The molecule has 0 aliphatic rings. The van der Waals surface area contributed by atoms with E-state index in [0.29, 0.717) is 21.5 Å². The summed E-state index contributed by atoms with van der Waals surface area (Å²) in [4.78, 5) is 12.3. The van der Waals surface area contributed by atoms with Crippen LogP contribution in [-0.2, 0) is 6.54 Å². The van der Waals surface area contributed by atoms with Gasteiger partial charge in [-0.2, -0.15) is 0 Å². The van der Waals surface area contributed by atoms with Crippen LogP contribution in [0.1, 0.15) is 42.9 Å². The van der Waals surface area contributed by atoms with Gasteiger partial charge in [-0.05, 0) is 25.1 Å². The summed E-state index contributed by atoms with van der Waals surface area (Å²) in [6.07, 6.45) is 0. The smallest absolute Gasteiger partial charge is 0.191 e. The van der Waals surface area contributed by atoms with E-state index < -0.39 is 0 Å². The number of aromatic nitrogens is 3. The number of nitrogens with zero attached hydrogens (tertiary/aromatic N) is 3. The summed E-state index contributed by atoms with van der Waals surface area (Å²) in [6, 6.07) is 4.89. The zero-order chi connectivity index (χ0) is 16.3. The van der Waals surface area contributed by atoms with Crippen LogP contribution < -0.4 is 0 Å². The van der Waals surface area contributed by atoms with E-state index in [1.807, 2.05) is 11.5 Å². The van der Waals surface area contributed by atoms with Crippen molar-refractivity contribution >= 4 is 40.7 Å². The molecule has 118 valence electrons. The van der Waals surface area contributed by atoms with Gasteiger partial charge in [0.05, 0.1) is 10.8 Å². The number of ketones is 1. The van der Waals surface area contributed by atoms with E-state index in [9.17, 15) is 4.79 Å². The largest absolute Gasteiger partial charge is 0.306 e. The summed E-state index contributed by atoms with van der Waals surface area (Å²) in [5.74, 6) is 1.44. The van der Waals surface area contributed by atoms with Gasteiger partial charge in [0.1, 0.15) is 5.82 Å². The van der Waals surface area contributed by atoms with Crippen LogP contribution in [0, 0.1) is 0 Å². The maximum Gasteiger partial charge on any atom is 0.191 e. The Bertz CT molecular complexity index is 685. The molecule has 0 spiro atoms. The van der Waals surface area contributed by atoms with E-state index in [4.69, 9.17) is 23.2 Å². The van der Waals surface area contributed by atoms with Crippen molar-refractivity contribution in [3.63, 3.8) is 0 Å². The molecular weight excluding hydrogens is 341 g/mol. The fourth-order valence-corrected chi connectivity index (χ4v) is 3.46. The number of hydrogen-bond donors (Lipinski definition) is 0. The van der Waals surface area contributed by atoms with Gasteiger partial charge < -0.3 is 4.57 Å². The van der Waals surface area contributed by atoms with Crippen molar-refractivity contribution in [2.24, 2.45) is 0 Å². The van der Waals surface area contributed by atoms with Crippen LogP contribution in [0.3, 0.4) is 0 Å². The van der Waals surface area contributed by atoms with Gasteiger partial charge >= 0.3 is 0 Å². The number of benzene rings is 1. The number of carbonyl (C=O) groups excluding carboxylic acids is 1. The molecule has 1 aromatic carbocycles. The second-order valence-corrected chi connectivity index (χ2v) is 6.86. The molecule has 0 N–H and O–H groups in total. The van der Waals surface area contributed by atoms with Crippen LogP contribution in [0.25, 0.3) is 0 Å². The fourth-order valence-electron chi connectivity index (χ4n) is 2.05. The van der Waals surface area contributed by atoms with Gasteiger partial charge in [-0.25, -0.2) is 0 Å². The summed E-state index contributed by atoms with van der Waals surface area (Å²) in [6.45, 7) is 6.96. The van der Waals surface area contributed by atoms with Crippen molar-refractivity contribution in [1.29, 1.82) is 0 Å². The van der Waals surface area contributed by atoms with Crippen molar-refractivity contribution in [2.45, 2.75) is 38.4 Å². The molecule has 0 radical (unpaired) electrons. The Morgan fingerprint density at radius 3 is 2.64 bits per heavy atom. The third kappa shape index (κ3) is 3.83. The van der Waals surface area contributed by atoms with E-state index in [1.54, 1.807) is 18.2 Å². The molecule has 2 rings (SSSR count). The fraction of sp³-hybridized carbons (Fsp3) is 0.400. The van der Waals surface area contributed by atoms with E-state index in [-0.39, 0.29) is 11.5 Å². The SMILES string of the molecule is CCn1c(SCC(=O)c2ccc(Cl)cc2Cl)nnc1C(C)C. The maximum atomic E-state index is 12.3. The summed E-state index contributed by atoms with van der Waals surface area (Å²) in [5, 5.41) is 10.0. The van der Waals surface area contributed by atoms with Crippen molar-refractivity contribution in [1.82, 2.24) is 14.8 Å². The molecular formula is C15H17Cl2N3OS. The topological polar surface area (TPSA) is 47.8 Å². The highest BCUT2D eigenvalue weighted by Crippen LogP contribution is 2.25. The molecule has 2 aromatic rings. The second kappa shape index (κ2) is 7.49. The molecule has 7 heteroatoms. The lowest BCUT2D eigenvalue weighted by Gasteiger charge is -2.09. The Kier molecular flexibility index (Phi) is 5.89. The summed E-state index contributed by atoms with van der Waals surface area (Å²) in [7, 11) is 0. The number of hydrogen-bond acceptors (Lipinski definition) is 4. The van der Waals surface area contributed by atoms with Gasteiger partial charge in [-0.3, -0.25) is 4.79 Å². The average molecular weight is 358 g/mol. The number of carbonyl (C=O) groups is 1. The van der Waals surface area contributed by atoms with Crippen molar-refractivity contribution < 1.29 is 4.79 Å². The minimum atomic E-state index is -0.0524. The van der Waals surface area contributed by atoms with E-state index >= 15 is 0 Å². The highest BCUT2D eigenvalue weighted by molar-refractivity contribution is 7.99. The van der Waals surface area contributed by atoms with E-state index in [2.05, 4.69) is 24.0 Å². The van der Waals surface area contributed by atoms with Crippen LogP contribution in [0.4, 0.5) is 0 Å². The molecule has 0 saturated carbocycles. The quantitative estimate of drug-likeness (QED) is 0.555. The normalized spacial score (nSPS) is 11.2. The molecule has 1 heterocycles. The first kappa shape index (κ1) is 17.3. The minimum absolute atomic E-state index is 0.0524. The first-order valence-electron chi connectivity index (χ1n) is 6.98. The molecule has 4 nitrogen and oxygen atoms in total. The summed E-state index contributed by atoms with van der Waals surface area (Å²) < 4.78 is 2.03. The standard InChI is InChI=1S/C15H17Cl2N3OS/c1-4-20-14(9(2)3)18-19-15(20)22-8-13(21)11-6-5-10(16)7-12(11)17/h5-7,9H,4,8H2,1-3H3. The molecule has 1 aromatic heterocycles. The average Bonchev–Trinajstić information content (AvgIpc) is 2.87. The highest BCUT2D eigenvalue weighted by atomic mass is 35.5. The zero-order valence-electron chi connectivity index (χ0n) is 12.6. The van der Waals surface area contributed by atoms with E-state index in [1.165, 1.54) is 11.8 Å². The molecule has 0 saturated heterocycles. The predicted octanol–water partition coefficient (Wildman–Crippen LogP) is 4.70. The van der Waals surface area contributed by atoms with E-state index in [0.717, 1.165) is 17.5 Å². The maximum absolute atomic E-state index is 12.3. The number of thioether (sulfide) groups is 1. The van der Waals surface area contributed by atoms with Gasteiger partial charge in [0.25, 0.3) is 0 Å². The Hall–Kier alpha value is -1.04. The number of rotatable bonds is 6. The molecule has 0 aliphatic carbocycles. The zero-order valence-corrected chi connectivity index (χ0v) is 15.0. The second-order valence-electron chi connectivity index (χ2n) is 5.08. The first-order valence-corrected chi connectivity index (χ1v) is 8.72. The van der Waals surface area contributed by atoms with Crippen LogP contribution >= 0.6 is 35.0 Å². The third-order valence-electron chi connectivity index (χ3n) is 3.14. The molecule has 0 amide bonds. The minimum Gasteiger partial charge on any atom is -0.306 e. The first-order chi connectivity index (χ1) is 10.4. The van der Waals surface area contributed by atoms with Gasteiger partial charge in [0.15, 0.2) is 10.9 Å². The van der Waals surface area contributed by atoms with Gasteiger partial charge in [0, 0.05) is 23.0 Å². The number of halogens is 2. The van der Waals surface area contributed by atoms with Crippen molar-refractivity contribution in [2.75, 3.05) is 5.75 Å². The van der Waals surface area contributed by atoms with Gasteiger partial charge in [0.2, 0.25) is 0 Å². The lowest BCUT2D eigenvalue weighted by atomic mass is 10.1. The molecule has 0 atom stereocenters. The molecule has 0 unspecified atom stereocenters. The Balaban J connectivity index is 2.11. The van der Waals surface area contributed by atoms with Gasteiger partial charge in [-0.15, -0.1) is 10.2 Å². The monoisotopic (exact) mass is 357 g/mol. The van der Waals surface area contributed by atoms with Crippen LogP contribution in [0.2, 0.25) is 10.0 Å². The summed E-state index contributed by atoms with van der Waals surface area (Å²) >= 11 is 13.3. The van der Waals surface area contributed by atoms with Crippen LogP contribution in [-0.4, -0.2) is 26.3 Å². The van der Waals surface area contributed by atoms with Crippen LogP contribution in [0.5, 0.6) is 0 Å². The Labute approximate surface area is 144 Å². The highest BCUT2D eigenvalue weighted by Gasteiger charge is 2.17. The lowest BCUT2D eigenvalue weighted by molar-refractivity contribution is 0.102. The molecule has 22 heavy (non-hydrogen) atoms. The van der Waals surface area contributed by atoms with Gasteiger partial charge in [-0.1, -0.05) is 48.8 Å². The number of Topliss-reactive ketones (excluding diaryl/α,β-unsaturated/α-hetero) is 1. The molecule has 0 aliphatic heterocycles. The van der Waals surface area contributed by atoms with Crippen molar-refractivity contribution in [3.8, 4) is 0 Å². The third-order valence-corrected chi connectivity index (χ3v) is 4.66.